The molecule has 0 bridgehead atoms. The number of rotatable bonds is 7. The number of nitrogens with one attached hydrogen (secondary N) is 1. The summed E-state index contributed by atoms with van der Waals surface area (Å²) < 4.78 is 9.14. The number of hydrogen-bond donors (Lipinski definition) is 1. The van der Waals surface area contributed by atoms with E-state index in [9.17, 15) is 4.79 Å². The number of fused-ring (bicyclic) bond motifs is 1. The first-order chi connectivity index (χ1) is 15.4. The molecular formula is C26H26BrN3O2. The van der Waals surface area contributed by atoms with Gasteiger partial charge >= 0.3 is 0 Å². The number of aromatic nitrogens is 2. The maximum absolute atomic E-state index is 12.7. The Balaban J connectivity index is 1.54. The molecule has 0 saturated heterocycles. The smallest absolute Gasteiger partial charge is 0.251 e. The highest BCUT2D eigenvalue weighted by molar-refractivity contribution is 9.10. The summed E-state index contributed by atoms with van der Waals surface area (Å²) in [7, 11) is 0. The molecule has 0 saturated carbocycles. The van der Waals surface area contributed by atoms with Crippen LogP contribution in [-0.2, 0) is 6.54 Å². The second-order valence-electron chi connectivity index (χ2n) is 7.93. The van der Waals surface area contributed by atoms with Gasteiger partial charge in [0.2, 0.25) is 0 Å². The number of halogens is 1. The maximum Gasteiger partial charge on any atom is 0.251 e. The van der Waals surface area contributed by atoms with Crippen LogP contribution in [0.1, 0.15) is 40.3 Å². The van der Waals surface area contributed by atoms with Crippen molar-refractivity contribution in [1.82, 2.24) is 14.9 Å². The number of ether oxygens (including phenoxy) is 1. The summed E-state index contributed by atoms with van der Waals surface area (Å²) >= 11 is 3.40. The van der Waals surface area contributed by atoms with Crippen LogP contribution < -0.4 is 10.1 Å². The fourth-order valence-electron chi connectivity index (χ4n) is 3.81. The minimum absolute atomic E-state index is 0.130. The van der Waals surface area contributed by atoms with Crippen molar-refractivity contribution in [3.63, 3.8) is 0 Å². The third-order valence-electron chi connectivity index (χ3n) is 5.43. The first-order valence-electron chi connectivity index (χ1n) is 10.6. The molecule has 0 spiro atoms. The van der Waals surface area contributed by atoms with Crippen LogP contribution in [0.5, 0.6) is 5.75 Å². The first kappa shape index (κ1) is 22.1. The largest absolute Gasteiger partial charge is 0.491 e. The van der Waals surface area contributed by atoms with E-state index in [2.05, 4.69) is 51.8 Å². The first-order valence-corrected chi connectivity index (χ1v) is 11.4. The molecule has 4 aromatic rings. The molecule has 1 unspecified atom stereocenters. The van der Waals surface area contributed by atoms with Gasteiger partial charge in [-0.2, -0.15) is 0 Å². The van der Waals surface area contributed by atoms with Gasteiger partial charge in [-0.1, -0.05) is 45.8 Å². The molecule has 0 aliphatic carbocycles. The van der Waals surface area contributed by atoms with Gasteiger partial charge in [-0.25, -0.2) is 4.98 Å². The number of nitrogens with zero attached hydrogens (tertiary/aromatic N) is 2. The Hall–Kier alpha value is -3.12. The SMILES string of the molecule is Cc1ccc(OCCn2c(C(C)NC(=O)c3ccc(Br)cc3)nc3ccccc32)c(C)c1. The van der Waals surface area contributed by atoms with Gasteiger partial charge in [-0.3, -0.25) is 4.79 Å². The van der Waals surface area contributed by atoms with Crippen LogP contribution in [0.2, 0.25) is 0 Å². The Bertz CT molecular complexity index is 1250. The van der Waals surface area contributed by atoms with Crippen molar-refractivity contribution in [1.29, 1.82) is 0 Å². The average molecular weight is 492 g/mol. The van der Waals surface area contributed by atoms with Crippen molar-refractivity contribution in [2.24, 2.45) is 0 Å². The minimum atomic E-state index is -0.264. The average Bonchev–Trinajstić information content (AvgIpc) is 3.14. The normalized spacial score (nSPS) is 12.0. The highest BCUT2D eigenvalue weighted by Gasteiger charge is 2.19. The Kier molecular flexibility index (Phi) is 6.61. The van der Waals surface area contributed by atoms with Gasteiger partial charge < -0.3 is 14.6 Å². The highest BCUT2D eigenvalue weighted by Crippen LogP contribution is 2.23. The molecule has 1 heterocycles. The van der Waals surface area contributed by atoms with Crippen LogP contribution in [0.15, 0.2) is 71.2 Å². The zero-order valence-electron chi connectivity index (χ0n) is 18.4. The Labute approximate surface area is 196 Å². The predicted octanol–water partition coefficient (Wildman–Crippen LogP) is 5.99. The highest BCUT2D eigenvalue weighted by atomic mass is 79.9. The van der Waals surface area contributed by atoms with Gasteiger partial charge in [-0.05, 0) is 68.8 Å². The lowest BCUT2D eigenvalue weighted by Gasteiger charge is -2.17. The zero-order chi connectivity index (χ0) is 22.7. The molecule has 0 radical (unpaired) electrons. The van der Waals surface area contributed by atoms with Gasteiger partial charge in [0.15, 0.2) is 0 Å². The summed E-state index contributed by atoms with van der Waals surface area (Å²) in [5.74, 6) is 1.56. The third-order valence-corrected chi connectivity index (χ3v) is 5.96. The Morgan fingerprint density at radius 1 is 1.09 bits per heavy atom. The number of hydrogen-bond acceptors (Lipinski definition) is 3. The molecule has 3 aromatic carbocycles. The van der Waals surface area contributed by atoms with E-state index in [-0.39, 0.29) is 11.9 Å². The van der Waals surface area contributed by atoms with Crippen molar-refractivity contribution in [3.8, 4) is 5.75 Å². The third kappa shape index (κ3) is 4.86. The second kappa shape index (κ2) is 9.57. The van der Waals surface area contributed by atoms with Gasteiger partial charge in [-0.15, -0.1) is 0 Å². The van der Waals surface area contributed by atoms with E-state index in [4.69, 9.17) is 9.72 Å². The molecule has 0 aliphatic rings. The fourth-order valence-corrected chi connectivity index (χ4v) is 4.08. The zero-order valence-corrected chi connectivity index (χ0v) is 20.0. The van der Waals surface area contributed by atoms with Crippen LogP contribution >= 0.6 is 15.9 Å². The topological polar surface area (TPSA) is 56.1 Å². The van der Waals surface area contributed by atoms with Crippen LogP contribution in [0.25, 0.3) is 11.0 Å². The molecule has 1 atom stereocenters. The molecule has 5 nitrogen and oxygen atoms in total. The quantitative estimate of drug-likeness (QED) is 0.345. The van der Waals surface area contributed by atoms with Crippen LogP contribution in [0.3, 0.4) is 0 Å². The van der Waals surface area contributed by atoms with Crippen molar-refractivity contribution in [2.75, 3.05) is 6.61 Å². The lowest BCUT2D eigenvalue weighted by molar-refractivity contribution is 0.0937. The van der Waals surface area contributed by atoms with Gasteiger partial charge in [0.25, 0.3) is 5.91 Å². The molecule has 4 rings (SSSR count). The number of imidazole rings is 1. The number of amides is 1. The van der Waals surface area contributed by atoms with Crippen molar-refractivity contribution in [3.05, 3.63) is 93.7 Å². The molecule has 1 aromatic heterocycles. The summed E-state index contributed by atoms with van der Waals surface area (Å²) in [4.78, 5) is 17.6. The molecule has 1 amide bonds. The van der Waals surface area contributed by atoms with Gasteiger partial charge in [0.1, 0.15) is 18.2 Å². The molecule has 0 aliphatic heterocycles. The van der Waals surface area contributed by atoms with Crippen LogP contribution in [0.4, 0.5) is 0 Å². The maximum atomic E-state index is 12.7. The van der Waals surface area contributed by atoms with Crippen molar-refractivity contribution < 1.29 is 9.53 Å². The van der Waals surface area contributed by atoms with E-state index in [1.54, 1.807) is 12.1 Å². The Morgan fingerprint density at radius 3 is 2.59 bits per heavy atom. The summed E-state index contributed by atoms with van der Waals surface area (Å²) in [5, 5.41) is 3.08. The fraction of sp³-hybridized carbons (Fsp3) is 0.231. The molecule has 6 heteroatoms. The van der Waals surface area contributed by atoms with Gasteiger partial charge in [0, 0.05) is 10.0 Å². The monoisotopic (exact) mass is 491 g/mol. The summed E-state index contributed by atoms with van der Waals surface area (Å²) in [6, 6.07) is 21.3. The van der Waals surface area contributed by atoms with E-state index < -0.39 is 0 Å². The van der Waals surface area contributed by atoms with E-state index >= 15 is 0 Å². The lowest BCUT2D eigenvalue weighted by atomic mass is 10.1. The summed E-state index contributed by atoms with van der Waals surface area (Å²) in [6.07, 6.45) is 0. The number of para-hydroxylation sites is 2. The number of carbonyl (C=O) groups excluding carboxylic acids is 1. The minimum Gasteiger partial charge on any atom is -0.491 e. The molecular weight excluding hydrogens is 466 g/mol. The van der Waals surface area contributed by atoms with Crippen LogP contribution in [0, 0.1) is 13.8 Å². The van der Waals surface area contributed by atoms with Crippen molar-refractivity contribution >= 4 is 32.9 Å². The second-order valence-corrected chi connectivity index (χ2v) is 8.85. The Morgan fingerprint density at radius 2 is 1.84 bits per heavy atom. The number of benzene rings is 3. The predicted molar refractivity (Wildman–Crippen MR) is 131 cm³/mol. The molecule has 32 heavy (non-hydrogen) atoms. The van der Waals surface area contributed by atoms with Crippen molar-refractivity contribution in [2.45, 2.75) is 33.4 Å². The lowest BCUT2D eigenvalue weighted by Crippen LogP contribution is -2.29. The van der Waals surface area contributed by atoms with Gasteiger partial charge in [0.05, 0.1) is 23.6 Å². The molecule has 0 fully saturated rings. The number of aryl methyl sites for hydroxylation is 2. The van der Waals surface area contributed by atoms with E-state index in [0.29, 0.717) is 18.7 Å². The van der Waals surface area contributed by atoms with E-state index in [1.165, 1.54) is 5.56 Å². The van der Waals surface area contributed by atoms with E-state index in [0.717, 1.165) is 32.6 Å². The molecule has 164 valence electrons. The summed E-state index contributed by atoms with van der Waals surface area (Å²) in [5.41, 5.74) is 4.88. The number of carbonyl (C=O) groups is 1. The van der Waals surface area contributed by atoms with E-state index in [1.807, 2.05) is 49.4 Å². The van der Waals surface area contributed by atoms with Crippen LogP contribution in [-0.4, -0.2) is 22.1 Å². The molecule has 1 N–H and O–H groups in total. The summed E-state index contributed by atoms with van der Waals surface area (Å²) in [6.45, 7) is 7.22. The standard InChI is InChI=1S/C26H26BrN3O2/c1-17-8-13-24(18(2)16-17)32-15-14-30-23-7-5-4-6-22(23)29-25(30)19(3)28-26(31)20-9-11-21(27)12-10-20/h4-13,16,19H,14-15H2,1-3H3,(H,28,31).